The molecule has 2 aromatic rings. The molecule has 3 nitrogen and oxygen atoms in total. The number of primary amides is 1. The van der Waals surface area contributed by atoms with Crippen LogP contribution in [-0.4, -0.2) is 10.9 Å². The standard InChI is InChI=1S/C10H7BrN2OS/c11-8-3-6(10(12)14)1-2-7(8)9-4-15-5-13-9/h1-5H,(H2,12,14). The molecule has 0 atom stereocenters. The Kier molecular flexibility index (Phi) is 2.83. The molecule has 1 heterocycles. The SMILES string of the molecule is NC(=O)c1ccc(-c2cscn2)c(Br)c1. The predicted octanol–water partition coefficient (Wildman–Crippen LogP) is 2.67. The van der Waals surface area contributed by atoms with E-state index in [0.717, 1.165) is 15.7 Å². The maximum atomic E-state index is 10.9. The third-order valence-corrected chi connectivity index (χ3v) is 3.20. The minimum Gasteiger partial charge on any atom is -0.366 e. The molecule has 0 aliphatic heterocycles. The second kappa shape index (κ2) is 4.12. The monoisotopic (exact) mass is 282 g/mol. The first-order valence-electron chi connectivity index (χ1n) is 4.16. The van der Waals surface area contributed by atoms with Gasteiger partial charge >= 0.3 is 0 Å². The summed E-state index contributed by atoms with van der Waals surface area (Å²) in [6.07, 6.45) is 0. The molecule has 76 valence electrons. The van der Waals surface area contributed by atoms with E-state index in [-0.39, 0.29) is 0 Å². The second-order valence-corrected chi connectivity index (χ2v) is 4.51. The van der Waals surface area contributed by atoms with Crippen LogP contribution in [0.3, 0.4) is 0 Å². The number of carbonyl (C=O) groups is 1. The molecule has 0 bridgehead atoms. The summed E-state index contributed by atoms with van der Waals surface area (Å²) in [5.41, 5.74) is 9.28. The molecule has 0 saturated carbocycles. The number of benzene rings is 1. The summed E-state index contributed by atoms with van der Waals surface area (Å²) in [6, 6.07) is 5.23. The van der Waals surface area contributed by atoms with Crippen LogP contribution in [0.25, 0.3) is 11.3 Å². The molecule has 5 heteroatoms. The van der Waals surface area contributed by atoms with Crippen molar-refractivity contribution in [2.75, 3.05) is 0 Å². The molecule has 0 saturated heterocycles. The van der Waals surface area contributed by atoms with E-state index in [9.17, 15) is 4.79 Å². The molecule has 15 heavy (non-hydrogen) atoms. The minimum absolute atomic E-state index is 0.430. The molecule has 0 unspecified atom stereocenters. The maximum absolute atomic E-state index is 10.9. The average Bonchev–Trinajstić information content (AvgIpc) is 2.70. The third kappa shape index (κ3) is 2.08. The second-order valence-electron chi connectivity index (χ2n) is 2.93. The summed E-state index contributed by atoms with van der Waals surface area (Å²) in [6.45, 7) is 0. The number of carbonyl (C=O) groups excluding carboxylic acids is 1. The van der Waals surface area contributed by atoms with Gasteiger partial charge in [0.05, 0.1) is 11.2 Å². The van der Waals surface area contributed by atoms with E-state index in [2.05, 4.69) is 20.9 Å². The lowest BCUT2D eigenvalue weighted by molar-refractivity contribution is 0.100. The van der Waals surface area contributed by atoms with Gasteiger partial charge in [0.25, 0.3) is 0 Å². The number of rotatable bonds is 2. The molecule has 1 aromatic carbocycles. The van der Waals surface area contributed by atoms with Gasteiger partial charge in [-0.1, -0.05) is 22.0 Å². The van der Waals surface area contributed by atoms with Crippen molar-refractivity contribution in [2.24, 2.45) is 5.73 Å². The first kappa shape index (κ1) is 10.3. The molecule has 0 fully saturated rings. The Morgan fingerprint density at radius 3 is 2.80 bits per heavy atom. The number of halogens is 1. The normalized spacial score (nSPS) is 10.2. The zero-order chi connectivity index (χ0) is 10.8. The summed E-state index contributed by atoms with van der Waals surface area (Å²) in [7, 11) is 0. The lowest BCUT2D eigenvalue weighted by Gasteiger charge is -2.02. The highest BCUT2D eigenvalue weighted by Gasteiger charge is 2.07. The van der Waals surface area contributed by atoms with Crippen molar-refractivity contribution in [3.8, 4) is 11.3 Å². The number of nitrogens with two attached hydrogens (primary N) is 1. The minimum atomic E-state index is -0.430. The van der Waals surface area contributed by atoms with Crippen molar-refractivity contribution in [3.05, 3.63) is 39.1 Å². The van der Waals surface area contributed by atoms with Crippen molar-refractivity contribution in [2.45, 2.75) is 0 Å². The van der Waals surface area contributed by atoms with Gasteiger partial charge in [-0.15, -0.1) is 11.3 Å². The van der Waals surface area contributed by atoms with E-state index in [0.29, 0.717) is 5.56 Å². The smallest absolute Gasteiger partial charge is 0.248 e. The highest BCUT2D eigenvalue weighted by atomic mass is 79.9. The van der Waals surface area contributed by atoms with Gasteiger partial charge in [0.2, 0.25) is 5.91 Å². The number of aromatic nitrogens is 1. The fourth-order valence-corrected chi connectivity index (χ4v) is 2.36. The van der Waals surface area contributed by atoms with Crippen molar-refractivity contribution in [1.29, 1.82) is 0 Å². The summed E-state index contributed by atoms with van der Waals surface area (Å²) >= 11 is 4.92. The average molecular weight is 283 g/mol. The summed E-state index contributed by atoms with van der Waals surface area (Å²) in [5.74, 6) is -0.430. The zero-order valence-electron chi connectivity index (χ0n) is 7.61. The van der Waals surface area contributed by atoms with Gasteiger partial charge in [0.15, 0.2) is 0 Å². The van der Waals surface area contributed by atoms with Crippen LogP contribution in [0.15, 0.2) is 33.6 Å². The van der Waals surface area contributed by atoms with Crippen molar-refractivity contribution in [3.63, 3.8) is 0 Å². The van der Waals surface area contributed by atoms with E-state index in [1.54, 1.807) is 17.6 Å². The third-order valence-electron chi connectivity index (χ3n) is 1.96. The van der Waals surface area contributed by atoms with E-state index in [1.807, 2.05) is 11.4 Å². The Labute approximate surface area is 99.1 Å². The Bertz CT molecular complexity index is 496. The number of hydrogen-bond acceptors (Lipinski definition) is 3. The molecule has 0 spiro atoms. The van der Waals surface area contributed by atoms with Gasteiger partial charge in [0, 0.05) is 21.0 Å². The molecule has 0 radical (unpaired) electrons. The van der Waals surface area contributed by atoms with Crippen LogP contribution < -0.4 is 5.73 Å². The van der Waals surface area contributed by atoms with Crippen LogP contribution in [0, 0.1) is 0 Å². The lowest BCUT2D eigenvalue weighted by Crippen LogP contribution is -2.10. The number of nitrogens with zero attached hydrogens (tertiary/aromatic N) is 1. The Morgan fingerprint density at radius 2 is 2.27 bits per heavy atom. The Hall–Kier alpha value is -1.20. The summed E-state index contributed by atoms with van der Waals surface area (Å²) < 4.78 is 0.824. The van der Waals surface area contributed by atoms with Crippen molar-refractivity contribution < 1.29 is 4.79 Å². The molecular formula is C10H7BrN2OS. The highest BCUT2D eigenvalue weighted by molar-refractivity contribution is 9.10. The van der Waals surface area contributed by atoms with Crippen LogP contribution in [0.1, 0.15) is 10.4 Å². The van der Waals surface area contributed by atoms with E-state index < -0.39 is 5.91 Å². The van der Waals surface area contributed by atoms with Gasteiger partial charge in [-0.3, -0.25) is 4.79 Å². The largest absolute Gasteiger partial charge is 0.366 e. The Morgan fingerprint density at radius 1 is 1.47 bits per heavy atom. The van der Waals surface area contributed by atoms with Crippen LogP contribution in [0.2, 0.25) is 0 Å². The van der Waals surface area contributed by atoms with E-state index in [1.165, 1.54) is 11.3 Å². The van der Waals surface area contributed by atoms with Crippen molar-refractivity contribution in [1.82, 2.24) is 4.98 Å². The van der Waals surface area contributed by atoms with Crippen LogP contribution in [-0.2, 0) is 0 Å². The lowest BCUT2D eigenvalue weighted by atomic mass is 10.1. The first-order chi connectivity index (χ1) is 7.18. The Balaban J connectivity index is 2.48. The fraction of sp³-hybridized carbons (Fsp3) is 0. The highest BCUT2D eigenvalue weighted by Crippen LogP contribution is 2.28. The first-order valence-corrected chi connectivity index (χ1v) is 5.90. The van der Waals surface area contributed by atoms with Gasteiger partial charge in [0.1, 0.15) is 0 Å². The number of amides is 1. The van der Waals surface area contributed by atoms with Crippen LogP contribution in [0.5, 0.6) is 0 Å². The molecule has 0 aliphatic rings. The quantitative estimate of drug-likeness (QED) is 0.921. The molecule has 0 aliphatic carbocycles. The van der Waals surface area contributed by atoms with E-state index in [4.69, 9.17) is 5.73 Å². The maximum Gasteiger partial charge on any atom is 0.248 e. The van der Waals surface area contributed by atoms with Crippen LogP contribution >= 0.6 is 27.3 Å². The van der Waals surface area contributed by atoms with Crippen LogP contribution in [0.4, 0.5) is 0 Å². The summed E-state index contributed by atoms with van der Waals surface area (Å²) in [5, 5.41) is 1.95. The fourth-order valence-electron chi connectivity index (χ4n) is 1.22. The zero-order valence-corrected chi connectivity index (χ0v) is 10.0. The predicted molar refractivity (Wildman–Crippen MR) is 63.8 cm³/mol. The van der Waals surface area contributed by atoms with Gasteiger partial charge < -0.3 is 5.73 Å². The molecule has 1 aromatic heterocycles. The molecular weight excluding hydrogens is 276 g/mol. The topological polar surface area (TPSA) is 56.0 Å². The van der Waals surface area contributed by atoms with Gasteiger partial charge in [-0.25, -0.2) is 4.98 Å². The van der Waals surface area contributed by atoms with Crippen molar-refractivity contribution >= 4 is 33.2 Å². The molecule has 2 N–H and O–H groups in total. The molecule has 2 rings (SSSR count). The van der Waals surface area contributed by atoms with Gasteiger partial charge in [-0.05, 0) is 12.1 Å². The number of thiazole rings is 1. The number of hydrogen-bond donors (Lipinski definition) is 1. The van der Waals surface area contributed by atoms with Gasteiger partial charge in [-0.2, -0.15) is 0 Å². The molecule has 1 amide bonds. The summed E-state index contributed by atoms with van der Waals surface area (Å²) in [4.78, 5) is 15.1. The van der Waals surface area contributed by atoms with E-state index >= 15 is 0 Å².